The molecule has 8 heteroatoms. The Morgan fingerprint density at radius 1 is 0.818 bits per heavy atom. The first-order valence-corrected chi connectivity index (χ1v) is 14.9. The fourth-order valence-electron chi connectivity index (χ4n) is 5.72. The van der Waals surface area contributed by atoms with Crippen LogP contribution in [-0.2, 0) is 4.74 Å². The molecule has 2 atom stereocenters. The highest BCUT2D eigenvalue weighted by Gasteiger charge is 2.23. The minimum absolute atomic E-state index is 0.195. The van der Waals surface area contributed by atoms with Crippen molar-refractivity contribution in [3.63, 3.8) is 0 Å². The van der Waals surface area contributed by atoms with Crippen LogP contribution in [0.2, 0.25) is 0 Å². The molecule has 3 heterocycles. The molecule has 1 fully saturated rings. The number of benzene rings is 3. The summed E-state index contributed by atoms with van der Waals surface area (Å²) in [7, 11) is 0. The number of nitrogens with zero attached hydrogens (tertiary/aromatic N) is 3. The molecule has 3 aromatic carbocycles. The van der Waals surface area contributed by atoms with Crippen LogP contribution in [0.3, 0.4) is 0 Å². The number of morpholine rings is 1. The molecule has 8 nitrogen and oxygen atoms in total. The third-order valence-corrected chi connectivity index (χ3v) is 7.74. The number of hydrogen-bond acceptors (Lipinski definition) is 8. The Balaban J connectivity index is 1.16. The minimum atomic E-state index is 0.195. The summed E-state index contributed by atoms with van der Waals surface area (Å²) in [5.41, 5.74) is 17.5. The van der Waals surface area contributed by atoms with Crippen molar-refractivity contribution in [2.24, 2.45) is 0 Å². The van der Waals surface area contributed by atoms with Gasteiger partial charge in [-0.15, -0.1) is 0 Å². The van der Waals surface area contributed by atoms with Crippen LogP contribution in [0.5, 0.6) is 0 Å². The third kappa shape index (κ3) is 6.61. The van der Waals surface area contributed by atoms with Gasteiger partial charge in [0.15, 0.2) is 0 Å². The lowest BCUT2D eigenvalue weighted by atomic mass is 10.1. The van der Waals surface area contributed by atoms with Gasteiger partial charge in [-0.05, 0) is 100.0 Å². The minimum Gasteiger partial charge on any atom is -0.397 e. The highest BCUT2D eigenvalue weighted by molar-refractivity contribution is 5.95. The number of nitrogens with two attached hydrogens (primary N) is 1. The number of nitrogens with one attached hydrogen (secondary N) is 3. The molecule has 0 spiro atoms. The molecule has 0 amide bonds. The van der Waals surface area contributed by atoms with Crippen molar-refractivity contribution in [2.45, 2.75) is 39.9 Å². The van der Waals surface area contributed by atoms with Gasteiger partial charge in [0.2, 0.25) is 0 Å². The zero-order valence-corrected chi connectivity index (χ0v) is 25.7. The molecule has 44 heavy (non-hydrogen) atoms. The van der Waals surface area contributed by atoms with Gasteiger partial charge in [-0.25, -0.2) is 0 Å². The molecule has 0 radical (unpaired) electrons. The normalized spacial score (nSPS) is 16.5. The first kappa shape index (κ1) is 29.0. The number of nitrogen functional groups attached to an aromatic ring is 1. The maximum absolute atomic E-state index is 6.39. The molecule has 224 valence electrons. The van der Waals surface area contributed by atoms with Crippen molar-refractivity contribution >= 4 is 56.4 Å². The average molecular weight is 586 g/mol. The van der Waals surface area contributed by atoms with Crippen LogP contribution in [0.25, 0.3) is 16.6 Å². The van der Waals surface area contributed by atoms with Gasteiger partial charge in [-0.2, -0.15) is 0 Å². The number of pyridine rings is 2. The summed E-state index contributed by atoms with van der Waals surface area (Å²) in [5.74, 6) is 0. The third-order valence-electron chi connectivity index (χ3n) is 7.74. The fraction of sp³-hybridized carbons (Fsp3) is 0.222. The van der Waals surface area contributed by atoms with Crippen LogP contribution >= 0.6 is 0 Å². The van der Waals surface area contributed by atoms with E-state index in [1.54, 1.807) is 6.20 Å². The van der Waals surface area contributed by atoms with Crippen molar-refractivity contribution in [3.8, 4) is 0 Å². The first-order chi connectivity index (χ1) is 21.2. The van der Waals surface area contributed by atoms with Gasteiger partial charge < -0.3 is 31.3 Å². The predicted molar refractivity (Wildman–Crippen MR) is 184 cm³/mol. The second-order valence-corrected chi connectivity index (χ2v) is 11.6. The van der Waals surface area contributed by atoms with Gasteiger partial charge in [0, 0.05) is 70.2 Å². The molecular formula is C36H39N7O. The quantitative estimate of drug-likeness (QED) is 0.136. The van der Waals surface area contributed by atoms with E-state index in [0.29, 0.717) is 5.69 Å². The van der Waals surface area contributed by atoms with Gasteiger partial charge >= 0.3 is 0 Å². The predicted octanol–water partition coefficient (Wildman–Crippen LogP) is 8.01. The second-order valence-electron chi connectivity index (χ2n) is 11.6. The fourth-order valence-corrected chi connectivity index (χ4v) is 5.72. The van der Waals surface area contributed by atoms with E-state index in [2.05, 4.69) is 82.7 Å². The van der Waals surface area contributed by atoms with E-state index in [1.807, 2.05) is 56.3 Å². The van der Waals surface area contributed by atoms with Crippen molar-refractivity contribution in [1.29, 1.82) is 0 Å². The number of aryl methyl sites for hydroxylation is 2. The molecule has 5 N–H and O–H groups in total. The summed E-state index contributed by atoms with van der Waals surface area (Å²) in [6.07, 6.45) is 2.17. The first-order valence-electron chi connectivity index (χ1n) is 14.9. The number of aromatic nitrogens is 2. The SMILES string of the molecule is C=C(Nc1ccc(Nc2ccnc(C)c2)cc1N)c1ccc(Nc2cc(C)nc3ccc(N4CC(C)OC(C)C4)cc23)cc1. The Hall–Kier alpha value is -5.08. The number of hydrogen-bond donors (Lipinski definition) is 4. The van der Waals surface area contributed by atoms with Gasteiger partial charge in [-0.3, -0.25) is 9.97 Å². The Bertz CT molecular complexity index is 1810. The smallest absolute Gasteiger partial charge is 0.0727 e. The molecule has 2 unspecified atom stereocenters. The molecule has 1 aliphatic heterocycles. The highest BCUT2D eigenvalue weighted by atomic mass is 16.5. The number of fused-ring (bicyclic) bond motifs is 1. The largest absolute Gasteiger partial charge is 0.397 e. The van der Waals surface area contributed by atoms with Gasteiger partial charge in [0.05, 0.1) is 29.1 Å². The Morgan fingerprint density at radius 3 is 2.27 bits per heavy atom. The maximum Gasteiger partial charge on any atom is 0.0727 e. The van der Waals surface area contributed by atoms with E-state index >= 15 is 0 Å². The molecule has 0 saturated carbocycles. The van der Waals surface area contributed by atoms with Crippen LogP contribution in [-0.4, -0.2) is 35.3 Å². The molecule has 1 saturated heterocycles. The molecule has 5 aromatic rings. The Morgan fingerprint density at radius 2 is 1.55 bits per heavy atom. The van der Waals surface area contributed by atoms with Gasteiger partial charge in [-0.1, -0.05) is 18.7 Å². The van der Waals surface area contributed by atoms with Crippen LogP contribution < -0.4 is 26.6 Å². The zero-order chi connectivity index (χ0) is 30.8. The van der Waals surface area contributed by atoms with E-state index < -0.39 is 0 Å². The standard InChI is InChI=1S/C36H39N7O/c1-22-16-30(14-15-38-22)41-29-10-12-35(33(37)18-29)40-26(5)27-6-8-28(9-7-27)42-36-17-23(2)39-34-13-11-31(19-32(34)36)43-20-24(3)44-25(4)21-43/h6-19,24-25,40H,5,20-21,37H2,1-4H3,(H,38,41)(H,39,42). The van der Waals surface area contributed by atoms with E-state index in [4.69, 9.17) is 15.5 Å². The average Bonchev–Trinajstić information content (AvgIpc) is 2.98. The number of ether oxygens (including phenoxy) is 1. The summed E-state index contributed by atoms with van der Waals surface area (Å²) in [6, 6.07) is 26.6. The van der Waals surface area contributed by atoms with Crippen molar-refractivity contribution in [1.82, 2.24) is 9.97 Å². The topological polar surface area (TPSA) is 100 Å². The van der Waals surface area contributed by atoms with Crippen molar-refractivity contribution in [2.75, 3.05) is 39.7 Å². The number of rotatable bonds is 8. The Labute approximate surface area is 259 Å². The monoisotopic (exact) mass is 585 g/mol. The maximum atomic E-state index is 6.39. The molecular weight excluding hydrogens is 546 g/mol. The Kier molecular flexibility index (Phi) is 8.09. The van der Waals surface area contributed by atoms with E-state index in [9.17, 15) is 0 Å². The van der Waals surface area contributed by atoms with Crippen LogP contribution in [0.1, 0.15) is 30.8 Å². The second kappa shape index (κ2) is 12.3. The molecule has 0 aliphatic carbocycles. The number of anilines is 7. The molecule has 0 bridgehead atoms. The van der Waals surface area contributed by atoms with Gasteiger partial charge in [0.1, 0.15) is 0 Å². The molecule has 1 aliphatic rings. The van der Waals surface area contributed by atoms with Crippen LogP contribution in [0.4, 0.5) is 39.8 Å². The van der Waals surface area contributed by atoms with Crippen molar-refractivity contribution < 1.29 is 4.74 Å². The van der Waals surface area contributed by atoms with Gasteiger partial charge in [0.25, 0.3) is 0 Å². The van der Waals surface area contributed by atoms with Crippen LogP contribution in [0.15, 0.2) is 91.6 Å². The molecule has 6 rings (SSSR count). The lowest BCUT2D eigenvalue weighted by Crippen LogP contribution is -2.45. The summed E-state index contributed by atoms with van der Waals surface area (Å²) in [4.78, 5) is 11.4. The summed E-state index contributed by atoms with van der Waals surface area (Å²) in [5, 5.41) is 11.5. The summed E-state index contributed by atoms with van der Waals surface area (Å²) >= 11 is 0. The lowest BCUT2D eigenvalue weighted by Gasteiger charge is -2.37. The highest BCUT2D eigenvalue weighted by Crippen LogP contribution is 2.32. The lowest BCUT2D eigenvalue weighted by molar-refractivity contribution is -0.00521. The zero-order valence-electron chi connectivity index (χ0n) is 25.7. The van der Waals surface area contributed by atoms with E-state index in [-0.39, 0.29) is 12.2 Å². The summed E-state index contributed by atoms with van der Waals surface area (Å²) in [6.45, 7) is 14.2. The molecule has 2 aromatic heterocycles. The summed E-state index contributed by atoms with van der Waals surface area (Å²) < 4.78 is 5.95. The van der Waals surface area contributed by atoms with Crippen LogP contribution in [0, 0.1) is 13.8 Å². The van der Waals surface area contributed by atoms with E-state index in [1.165, 1.54) is 5.69 Å². The van der Waals surface area contributed by atoms with Crippen molar-refractivity contribution in [3.05, 3.63) is 109 Å². The van der Waals surface area contributed by atoms with E-state index in [0.717, 1.165) is 75.1 Å².